The van der Waals surface area contributed by atoms with Crippen LogP contribution in [0.5, 0.6) is 0 Å². The van der Waals surface area contributed by atoms with Gasteiger partial charge in [0.05, 0.1) is 12.2 Å². The molecule has 0 N–H and O–H groups in total. The Morgan fingerprint density at radius 2 is 1.06 bits per heavy atom. The lowest BCUT2D eigenvalue weighted by atomic mass is 9.77. The standard InChI is InChI=1S/C15H27BO2/c1-16-17-14(12-8-4-2-5-9-12)15(18-16)13-10-6-3-7-11-13/h12-15H,2-11H2,1H3/t14-,15-/m0/s1. The van der Waals surface area contributed by atoms with Gasteiger partial charge in [0.15, 0.2) is 0 Å². The van der Waals surface area contributed by atoms with E-state index in [9.17, 15) is 0 Å². The highest BCUT2D eigenvalue weighted by Crippen LogP contribution is 2.40. The first-order valence-corrected chi connectivity index (χ1v) is 8.15. The maximum Gasteiger partial charge on any atom is 0.454 e. The SMILES string of the molecule is CB1O[C@@H](C2CCCCC2)[C@H](C2CCCCC2)O1. The number of rotatable bonds is 2. The minimum absolute atomic E-state index is 0.0313. The summed E-state index contributed by atoms with van der Waals surface area (Å²) in [5.41, 5.74) is 0. The van der Waals surface area contributed by atoms with Gasteiger partial charge in [-0.3, -0.25) is 0 Å². The molecule has 0 aromatic rings. The zero-order valence-corrected chi connectivity index (χ0v) is 11.8. The van der Waals surface area contributed by atoms with Crippen molar-refractivity contribution < 1.29 is 9.31 Å². The fourth-order valence-corrected chi connectivity index (χ4v) is 4.31. The molecule has 2 aliphatic carbocycles. The van der Waals surface area contributed by atoms with E-state index in [0.29, 0.717) is 12.2 Å². The molecule has 1 saturated heterocycles. The average molecular weight is 250 g/mol. The Bertz CT molecular complexity index is 233. The molecule has 102 valence electrons. The molecule has 0 unspecified atom stereocenters. The summed E-state index contributed by atoms with van der Waals surface area (Å²) in [6, 6.07) is 0. The monoisotopic (exact) mass is 250 g/mol. The molecule has 0 aromatic heterocycles. The maximum atomic E-state index is 6.14. The molecule has 0 radical (unpaired) electrons. The van der Waals surface area contributed by atoms with E-state index in [0.717, 1.165) is 11.8 Å². The first kappa shape index (κ1) is 13.0. The number of hydrogen-bond donors (Lipinski definition) is 0. The van der Waals surface area contributed by atoms with Crippen LogP contribution in [-0.2, 0) is 9.31 Å². The fourth-order valence-electron chi connectivity index (χ4n) is 4.31. The van der Waals surface area contributed by atoms with Gasteiger partial charge in [-0.2, -0.15) is 0 Å². The van der Waals surface area contributed by atoms with E-state index < -0.39 is 0 Å². The van der Waals surface area contributed by atoms with Crippen LogP contribution in [0.15, 0.2) is 0 Å². The van der Waals surface area contributed by atoms with Crippen molar-refractivity contribution in [3.05, 3.63) is 0 Å². The summed E-state index contributed by atoms with van der Waals surface area (Å²) in [5, 5.41) is 0. The van der Waals surface area contributed by atoms with Gasteiger partial charge in [0, 0.05) is 0 Å². The van der Waals surface area contributed by atoms with Crippen LogP contribution in [0.4, 0.5) is 0 Å². The molecule has 2 nitrogen and oxygen atoms in total. The second-order valence-corrected chi connectivity index (χ2v) is 6.57. The third kappa shape index (κ3) is 2.77. The lowest BCUT2D eigenvalue weighted by Crippen LogP contribution is -2.38. The highest BCUT2D eigenvalue weighted by atomic mass is 16.7. The van der Waals surface area contributed by atoms with Crippen molar-refractivity contribution in [1.82, 2.24) is 0 Å². The van der Waals surface area contributed by atoms with Crippen LogP contribution in [0.25, 0.3) is 0 Å². The Labute approximate surface area is 112 Å². The van der Waals surface area contributed by atoms with E-state index in [-0.39, 0.29) is 7.12 Å². The molecule has 18 heavy (non-hydrogen) atoms. The molecule has 3 fully saturated rings. The van der Waals surface area contributed by atoms with E-state index in [1.807, 2.05) is 0 Å². The molecule has 0 aromatic carbocycles. The van der Waals surface area contributed by atoms with Crippen molar-refractivity contribution in [2.24, 2.45) is 11.8 Å². The van der Waals surface area contributed by atoms with Gasteiger partial charge in [-0.1, -0.05) is 38.5 Å². The largest absolute Gasteiger partial charge is 0.454 e. The summed E-state index contributed by atoms with van der Waals surface area (Å²) in [5.74, 6) is 1.55. The van der Waals surface area contributed by atoms with Crippen molar-refractivity contribution in [1.29, 1.82) is 0 Å². The third-order valence-corrected chi connectivity index (χ3v) is 5.25. The zero-order chi connectivity index (χ0) is 12.4. The van der Waals surface area contributed by atoms with Gasteiger partial charge < -0.3 is 9.31 Å². The molecule has 1 heterocycles. The molecule has 1 aliphatic heterocycles. The molecule has 3 rings (SSSR count). The summed E-state index contributed by atoms with van der Waals surface area (Å²) in [4.78, 5) is 0. The smallest absolute Gasteiger partial charge is 0.406 e. The summed E-state index contributed by atoms with van der Waals surface area (Å²) in [7, 11) is 0.0313. The first-order valence-electron chi connectivity index (χ1n) is 8.15. The van der Waals surface area contributed by atoms with Gasteiger partial charge in [-0.25, -0.2) is 0 Å². The molecule has 0 amide bonds. The minimum atomic E-state index is 0.0313. The van der Waals surface area contributed by atoms with Crippen LogP contribution in [0.3, 0.4) is 0 Å². The van der Waals surface area contributed by atoms with Crippen molar-refractivity contribution in [3.8, 4) is 0 Å². The van der Waals surface area contributed by atoms with E-state index in [2.05, 4.69) is 6.82 Å². The van der Waals surface area contributed by atoms with E-state index in [1.165, 1.54) is 64.2 Å². The van der Waals surface area contributed by atoms with Crippen LogP contribution in [0.1, 0.15) is 64.2 Å². The van der Waals surface area contributed by atoms with Crippen molar-refractivity contribution in [3.63, 3.8) is 0 Å². The highest BCUT2D eigenvalue weighted by Gasteiger charge is 2.44. The molecular weight excluding hydrogens is 223 g/mol. The lowest BCUT2D eigenvalue weighted by Gasteiger charge is -2.35. The molecule has 2 atom stereocenters. The van der Waals surface area contributed by atoms with Crippen LogP contribution in [0.2, 0.25) is 6.82 Å². The maximum absolute atomic E-state index is 6.14. The predicted octanol–water partition coefficient (Wildman–Crippen LogP) is 4.05. The molecular formula is C15H27BO2. The zero-order valence-electron chi connectivity index (χ0n) is 11.8. The van der Waals surface area contributed by atoms with Crippen LogP contribution in [-0.4, -0.2) is 19.3 Å². The third-order valence-electron chi connectivity index (χ3n) is 5.25. The van der Waals surface area contributed by atoms with Gasteiger partial charge in [0.1, 0.15) is 0 Å². The van der Waals surface area contributed by atoms with E-state index in [4.69, 9.17) is 9.31 Å². The Morgan fingerprint density at radius 3 is 1.44 bits per heavy atom. The molecule has 3 aliphatic rings. The summed E-state index contributed by atoms with van der Waals surface area (Å²) in [6.07, 6.45) is 14.7. The van der Waals surface area contributed by atoms with Gasteiger partial charge in [0.25, 0.3) is 0 Å². The van der Waals surface area contributed by atoms with E-state index >= 15 is 0 Å². The topological polar surface area (TPSA) is 18.5 Å². The molecule has 0 spiro atoms. The molecule has 3 heteroatoms. The summed E-state index contributed by atoms with van der Waals surface area (Å²) >= 11 is 0. The Balaban J connectivity index is 1.65. The average Bonchev–Trinajstić information content (AvgIpc) is 2.83. The second-order valence-electron chi connectivity index (χ2n) is 6.57. The van der Waals surface area contributed by atoms with Crippen molar-refractivity contribution in [2.75, 3.05) is 0 Å². The number of hydrogen-bond acceptors (Lipinski definition) is 2. The fraction of sp³-hybridized carbons (Fsp3) is 1.00. The van der Waals surface area contributed by atoms with Gasteiger partial charge in [-0.15, -0.1) is 0 Å². The van der Waals surface area contributed by atoms with Gasteiger partial charge >= 0.3 is 7.12 Å². The lowest BCUT2D eigenvalue weighted by molar-refractivity contribution is 0.0324. The van der Waals surface area contributed by atoms with Crippen LogP contribution < -0.4 is 0 Å². The van der Waals surface area contributed by atoms with Gasteiger partial charge in [-0.05, 0) is 44.3 Å². The van der Waals surface area contributed by atoms with Crippen LogP contribution >= 0.6 is 0 Å². The molecule has 2 saturated carbocycles. The Kier molecular flexibility index (Phi) is 4.30. The second kappa shape index (κ2) is 5.96. The quantitative estimate of drug-likeness (QED) is 0.688. The summed E-state index contributed by atoms with van der Waals surface area (Å²) in [6.45, 7) is 2.08. The normalized spacial score (nSPS) is 36.2. The van der Waals surface area contributed by atoms with Crippen molar-refractivity contribution >= 4 is 7.12 Å². The predicted molar refractivity (Wildman–Crippen MR) is 74.5 cm³/mol. The highest BCUT2D eigenvalue weighted by molar-refractivity contribution is 6.43. The van der Waals surface area contributed by atoms with Crippen molar-refractivity contribution in [2.45, 2.75) is 83.2 Å². The summed E-state index contributed by atoms with van der Waals surface area (Å²) < 4.78 is 12.3. The minimum Gasteiger partial charge on any atom is -0.406 e. The van der Waals surface area contributed by atoms with Gasteiger partial charge in [0.2, 0.25) is 0 Å². The van der Waals surface area contributed by atoms with E-state index in [1.54, 1.807) is 0 Å². The van der Waals surface area contributed by atoms with Crippen LogP contribution in [0, 0.1) is 11.8 Å². The Morgan fingerprint density at radius 1 is 0.667 bits per heavy atom. The first-order chi connectivity index (χ1) is 8.84. The Hall–Kier alpha value is -0.0151. The molecule has 0 bridgehead atoms.